The molecule has 0 radical (unpaired) electrons. The Hall–Kier alpha value is -2.16. The first kappa shape index (κ1) is 15.4. The van der Waals surface area contributed by atoms with Crippen LogP contribution in [0.5, 0.6) is 0 Å². The summed E-state index contributed by atoms with van der Waals surface area (Å²) in [6.45, 7) is 6.22. The minimum atomic E-state index is -0.588. The van der Waals surface area contributed by atoms with E-state index in [1.165, 1.54) is 0 Å². The third kappa shape index (κ3) is 1.68. The highest BCUT2D eigenvalue weighted by Crippen LogP contribution is 2.70. The monoisotopic (exact) mass is 321 g/mol. The highest BCUT2D eigenvalue weighted by Gasteiger charge is 2.72. The van der Waals surface area contributed by atoms with Crippen molar-refractivity contribution >= 4 is 28.2 Å². The van der Waals surface area contributed by atoms with Gasteiger partial charge in [0.15, 0.2) is 0 Å². The van der Waals surface area contributed by atoms with E-state index >= 15 is 0 Å². The standard InChI is InChI=1S/C21H23NO2/c1-19(2)20(3)11-12-21(19,13-17(20)23)18(24)22-16-10-6-8-14-7-4-5-9-15(14)16/h4-10H,11-13H2,1-3H3,(H,22,24)/t20-,21+/m1/s1. The third-order valence-corrected chi connectivity index (χ3v) is 7.18. The van der Waals surface area contributed by atoms with Gasteiger partial charge in [-0.1, -0.05) is 57.2 Å². The van der Waals surface area contributed by atoms with E-state index in [1.54, 1.807) is 0 Å². The van der Waals surface area contributed by atoms with E-state index in [-0.39, 0.29) is 22.5 Å². The highest BCUT2D eigenvalue weighted by molar-refractivity contribution is 6.08. The second kappa shape index (κ2) is 4.69. The van der Waals surface area contributed by atoms with Gasteiger partial charge in [0.25, 0.3) is 0 Å². The Morgan fingerprint density at radius 1 is 1.00 bits per heavy atom. The molecule has 4 rings (SSSR count). The van der Waals surface area contributed by atoms with Crippen LogP contribution in [0.25, 0.3) is 10.8 Å². The van der Waals surface area contributed by atoms with Gasteiger partial charge in [-0.05, 0) is 29.7 Å². The maximum Gasteiger partial charge on any atom is 0.231 e. The lowest BCUT2D eigenvalue weighted by Gasteiger charge is -2.38. The fourth-order valence-corrected chi connectivity index (χ4v) is 4.94. The molecule has 0 saturated heterocycles. The van der Waals surface area contributed by atoms with Crippen LogP contribution in [0.2, 0.25) is 0 Å². The molecular weight excluding hydrogens is 298 g/mol. The van der Waals surface area contributed by atoms with E-state index in [2.05, 4.69) is 19.2 Å². The van der Waals surface area contributed by atoms with E-state index in [4.69, 9.17) is 0 Å². The van der Waals surface area contributed by atoms with Crippen LogP contribution in [0.1, 0.15) is 40.0 Å². The SMILES string of the molecule is CC1(C)[C@@]2(C(=O)Nc3cccc4ccccc34)CC[C@]1(C)C(=O)C2. The lowest BCUT2D eigenvalue weighted by Crippen LogP contribution is -2.43. The predicted octanol–water partition coefficient (Wildman–Crippen LogP) is 4.56. The first-order valence-corrected chi connectivity index (χ1v) is 8.64. The van der Waals surface area contributed by atoms with E-state index in [9.17, 15) is 9.59 Å². The molecule has 2 atom stereocenters. The number of fused-ring (bicyclic) bond motifs is 3. The molecule has 2 fully saturated rings. The van der Waals surface area contributed by atoms with E-state index in [0.29, 0.717) is 6.42 Å². The number of carbonyl (C=O) groups is 2. The number of rotatable bonds is 2. The molecule has 2 aromatic rings. The van der Waals surface area contributed by atoms with Crippen molar-refractivity contribution in [3.8, 4) is 0 Å². The quantitative estimate of drug-likeness (QED) is 0.881. The van der Waals surface area contributed by atoms with Gasteiger partial charge < -0.3 is 5.32 Å². The van der Waals surface area contributed by atoms with Crippen LogP contribution in [-0.2, 0) is 9.59 Å². The second-order valence-corrected chi connectivity index (χ2v) is 8.12. The lowest BCUT2D eigenvalue weighted by molar-refractivity contribution is -0.131. The first-order chi connectivity index (χ1) is 11.3. The van der Waals surface area contributed by atoms with Gasteiger partial charge in [0.2, 0.25) is 5.91 Å². The Kier molecular flexibility index (Phi) is 3.00. The van der Waals surface area contributed by atoms with Crippen LogP contribution in [-0.4, -0.2) is 11.7 Å². The smallest absolute Gasteiger partial charge is 0.231 e. The summed E-state index contributed by atoms with van der Waals surface area (Å²) in [5.74, 6) is 0.241. The van der Waals surface area contributed by atoms with Crippen molar-refractivity contribution in [2.75, 3.05) is 5.32 Å². The van der Waals surface area contributed by atoms with Gasteiger partial charge >= 0.3 is 0 Å². The number of hydrogen-bond acceptors (Lipinski definition) is 2. The predicted molar refractivity (Wildman–Crippen MR) is 95.8 cm³/mol. The minimum Gasteiger partial charge on any atom is -0.325 e. The topological polar surface area (TPSA) is 46.2 Å². The molecule has 0 heterocycles. The van der Waals surface area contributed by atoms with Crippen LogP contribution >= 0.6 is 0 Å². The van der Waals surface area contributed by atoms with Gasteiger partial charge in [-0.3, -0.25) is 9.59 Å². The molecule has 2 aromatic carbocycles. The van der Waals surface area contributed by atoms with Crippen LogP contribution in [0.4, 0.5) is 5.69 Å². The Labute approximate surface area is 142 Å². The summed E-state index contributed by atoms with van der Waals surface area (Å²) in [5.41, 5.74) is -0.443. The van der Waals surface area contributed by atoms with Crippen molar-refractivity contribution in [3.63, 3.8) is 0 Å². The molecule has 0 spiro atoms. The number of carbonyl (C=O) groups excluding carboxylic acids is 2. The normalized spacial score (nSPS) is 30.7. The first-order valence-electron chi connectivity index (χ1n) is 8.64. The average molecular weight is 321 g/mol. The molecule has 3 heteroatoms. The Bertz CT molecular complexity index is 864. The Morgan fingerprint density at radius 2 is 1.71 bits per heavy atom. The van der Waals surface area contributed by atoms with Crippen LogP contribution in [0.15, 0.2) is 42.5 Å². The highest BCUT2D eigenvalue weighted by atomic mass is 16.2. The van der Waals surface area contributed by atoms with Gasteiger partial charge in [-0.25, -0.2) is 0 Å². The van der Waals surface area contributed by atoms with Crippen LogP contribution in [0.3, 0.4) is 0 Å². The summed E-state index contributed by atoms with van der Waals surface area (Å²) in [4.78, 5) is 25.8. The maximum absolute atomic E-state index is 13.3. The zero-order valence-corrected chi connectivity index (χ0v) is 14.5. The molecular formula is C21H23NO2. The second-order valence-electron chi connectivity index (χ2n) is 8.12. The molecule has 24 heavy (non-hydrogen) atoms. The Balaban J connectivity index is 1.74. The van der Waals surface area contributed by atoms with Crippen molar-refractivity contribution in [3.05, 3.63) is 42.5 Å². The van der Waals surface area contributed by atoms with Crippen molar-refractivity contribution < 1.29 is 9.59 Å². The third-order valence-electron chi connectivity index (χ3n) is 7.18. The number of Topliss-reactive ketones (excluding diaryl/α,β-unsaturated/α-hetero) is 1. The van der Waals surface area contributed by atoms with E-state index < -0.39 is 5.41 Å². The van der Waals surface area contributed by atoms with Gasteiger partial charge in [0.05, 0.1) is 5.41 Å². The van der Waals surface area contributed by atoms with Gasteiger partial charge in [0.1, 0.15) is 5.78 Å². The largest absolute Gasteiger partial charge is 0.325 e. The van der Waals surface area contributed by atoms with Crippen molar-refractivity contribution in [1.29, 1.82) is 0 Å². The van der Waals surface area contributed by atoms with Crippen LogP contribution < -0.4 is 5.32 Å². The molecule has 0 aliphatic heterocycles. The molecule has 2 aliphatic carbocycles. The minimum absolute atomic E-state index is 0.00146. The summed E-state index contributed by atoms with van der Waals surface area (Å²) < 4.78 is 0. The molecule has 2 aliphatic rings. The average Bonchev–Trinajstić information content (AvgIpc) is 2.85. The summed E-state index contributed by atoms with van der Waals surface area (Å²) in [6, 6.07) is 14.0. The van der Waals surface area contributed by atoms with E-state index in [0.717, 1.165) is 29.3 Å². The number of hydrogen-bond donors (Lipinski definition) is 1. The zero-order chi connectivity index (χ0) is 17.2. The fourth-order valence-electron chi connectivity index (χ4n) is 4.94. The number of ketones is 1. The summed E-state index contributed by atoms with van der Waals surface area (Å²) in [7, 11) is 0. The van der Waals surface area contributed by atoms with Crippen molar-refractivity contribution in [1.82, 2.24) is 0 Å². The molecule has 0 unspecified atom stereocenters. The molecule has 1 amide bonds. The van der Waals surface area contributed by atoms with E-state index in [1.807, 2.05) is 49.4 Å². The van der Waals surface area contributed by atoms with Crippen molar-refractivity contribution in [2.24, 2.45) is 16.2 Å². The lowest BCUT2D eigenvalue weighted by atomic mass is 9.64. The number of nitrogens with one attached hydrogen (secondary N) is 1. The van der Waals surface area contributed by atoms with Crippen LogP contribution in [0, 0.1) is 16.2 Å². The fraction of sp³-hybridized carbons (Fsp3) is 0.429. The zero-order valence-electron chi connectivity index (χ0n) is 14.5. The number of amides is 1. The summed E-state index contributed by atoms with van der Waals surface area (Å²) in [6.07, 6.45) is 1.97. The van der Waals surface area contributed by atoms with Crippen molar-refractivity contribution in [2.45, 2.75) is 40.0 Å². The Morgan fingerprint density at radius 3 is 2.38 bits per heavy atom. The van der Waals surface area contributed by atoms with Gasteiger partial charge in [0, 0.05) is 22.9 Å². The number of benzene rings is 2. The van der Waals surface area contributed by atoms with Gasteiger partial charge in [-0.15, -0.1) is 0 Å². The molecule has 2 bridgehead atoms. The molecule has 0 aromatic heterocycles. The summed E-state index contributed by atoms with van der Waals surface area (Å²) in [5, 5.41) is 5.28. The molecule has 1 N–H and O–H groups in total. The summed E-state index contributed by atoms with van der Waals surface area (Å²) >= 11 is 0. The number of anilines is 1. The molecule has 124 valence electrons. The maximum atomic E-state index is 13.3. The molecule has 3 nitrogen and oxygen atoms in total. The van der Waals surface area contributed by atoms with Gasteiger partial charge in [-0.2, -0.15) is 0 Å². The molecule has 2 saturated carbocycles.